The summed E-state index contributed by atoms with van der Waals surface area (Å²) in [7, 11) is 0. The molecule has 1 amide bonds. The molecule has 0 spiro atoms. The highest BCUT2D eigenvalue weighted by molar-refractivity contribution is 8.00. The van der Waals surface area contributed by atoms with Gasteiger partial charge < -0.3 is 10.4 Å². The Morgan fingerprint density at radius 3 is 2.67 bits per heavy atom. The summed E-state index contributed by atoms with van der Waals surface area (Å²) in [5.74, 6) is 0.398. The lowest BCUT2D eigenvalue weighted by Crippen LogP contribution is -2.27. The molecule has 10 heteroatoms. The number of aromatic nitrogens is 3. The zero-order valence-corrected chi connectivity index (χ0v) is 22.5. The molecule has 0 saturated carbocycles. The van der Waals surface area contributed by atoms with E-state index in [-0.39, 0.29) is 11.7 Å². The Balaban J connectivity index is 1.33. The topological polar surface area (TPSA) is 104 Å². The predicted molar refractivity (Wildman–Crippen MR) is 157 cm³/mol. The molecular formula is C29H25ClN6O2S. The van der Waals surface area contributed by atoms with Gasteiger partial charge in [0, 0.05) is 27.3 Å². The molecule has 1 aromatic heterocycles. The third-order valence-corrected chi connectivity index (χ3v) is 7.24. The van der Waals surface area contributed by atoms with E-state index in [9.17, 15) is 9.90 Å². The van der Waals surface area contributed by atoms with Gasteiger partial charge in [0.05, 0.1) is 18.0 Å². The summed E-state index contributed by atoms with van der Waals surface area (Å²) in [6, 6.07) is 28.7. The highest BCUT2D eigenvalue weighted by Gasteiger charge is 2.21. The van der Waals surface area contributed by atoms with E-state index in [1.54, 1.807) is 19.1 Å². The maximum absolute atomic E-state index is 12.8. The number of hydrogen-bond acceptors (Lipinski definition) is 7. The van der Waals surface area contributed by atoms with Gasteiger partial charge in [-0.3, -0.25) is 9.36 Å². The van der Waals surface area contributed by atoms with Crippen molar-refractivity contribution in [1.82, 2.24) is 20.2 Å². The second-order valence-electron chi connectivity index (χ2n) is 8.65. The quantitative estimate of drug-likeness (QED) is 0.116. The van der Waals surface area contributed by atoms with Gasteiger partial charge in [-0.25, -0.2) is 5.43 Å². The van der Waals surface area contributed by atoms with Crippen LogP contribution in [0.2, 0.25) is 5.02 Å². The van der Waals surface area contributed by atoms with E-state index in [4.69, 9.17) is 11.6 Å². The van der Waals surface area contributed by atoms with Crippen molar-refractivity contribution in [3.8, 4) is 11.4 Å². The van der Waals surface area contributed by atoms with Crippen LogP contribution in [0.25, 0.3) is 16.5 Å². The highest BCUT2D eigenvalue weighted by atomic mass is 35.5. The van der Waals surface area contributed by atoms with Gasteiger partial charge in [0.25, 0.3) is 5.91 Å². The summed E-state index contributed by atoms with van der Waals surface area (Å²) in [4.78, 5) is 12.8. The van der Waals surface area contributed by atoms with E-state index in [0.29, 0.717) is 28.1 Å². The normalized spacial score (nSPS) is 12.1. The zero-order chi connectivity index (χ0) is 27.2. The number of hydrazone groups is 1. The number of hydrogen-bond donors (Lipinski definition) is 3. The minimum atomic E-state index is -0.527. The van der Waals surface area contributed by atoms with Crippen molar-refractivity contribution < 1.29 is 9.90 Å². The van der Waals surface area contributed by atoms with Gasteiger partial charge in [-0.05, 0) is 48.7 Å². The first-order valence-corrected chi connectivity index (χ1v) is 13.4. The Kier molecular flexibility index (Phi) is 8.10. The number of para-hydroxylation sites is 1. The van der Waals surface area contributed by atoms with E-state index in [0.717, 1.165) is 22.1 Å². The zero-order valence-electron chi connectivity index (χ0n) is 21.0. The number of benzene rings is 4. The van der Waals surface area contributed by atoms with Gasteiger partial charge in [0.1, 0.15) is 5.75 Å². The minimum Gasteiger partial charge on any atom is -0.507 e. The molecule has 5 aromatic rings. The fraction of sp³-hybridized carbons (Fsp3) is 0.103. The van der Waals surface area contributed by atoms with Crippen molar-refractivity contribution in [1.29, 1.82) is 0 Å². The van der Waals surface area contributed by atoms with Crippen LogP contribution in [0.1, 0.15) is 18.3 Å². The number of nitrogens with one attached hydrogen (secondary N) is 2. The van der Waals surface area contributed by atoms with E-state index in [1.807, 2.05) is 59.2 Å². The molecule has 0 bridgehead atoms. The van der Waals surface area contributed by atoms with Crippen molar-refractivity contribution in [3.63, 3.8) is 0 Å². The molecule has 196 valence electrons. The molecule has 1 heterocycles. The van der Waals surface area contributed by atoms with Crippen molar-refractivity contribution in [2.24, 2.45) is 5.10 Å². The molecule has 0 aliphatic heterocycles. The van der Waals surface area contributed by atoms with Crippen LogP contribution in [0.4, 0.5) is 5.69 Å². The van der Waals surface area contributed by atoms with Crippen molar-refractivity contribution in [3.05, 3.63) is 107 Å². The largest absolute Gasteiger partial charge is 0.507 e. The first-order valence-electron chi connectivity index (χ1n) is 12.2. The van der Waals surface area contributed by atoms with Crippen LogP contribution < -0.4 is 10.7 Å². The smallest absolute Gasteiger partial charge is 0.253 e. The average Bonchev–Trinajstić information content (AvgIpc) is 3.36. The number of amides is 1. The van der Waals surface area contributed by atoms with Crippen LogP contribution in [0.15, 0.2) is 101 Å². The van der Waals surface area contributed by atoms with Gasteiger partial charge in [-0.15, -0.1) is 10.2 Å². The molecule has 0 fully saturated rings. The second-order valence-corrected chi connectivity index (χ2v) is 10.4. The number of thioether (sulfide) groups is 1. The van der Waals surface area contributed by atoms with Crippen molar-refractivity contribution >= 4 is 51.9 Å². The van der Waals surface area contributed by atoms with Crippen LogP contribution in [0.5, 0.6) is 5.75 Å². The fourth-order valence-electron chi connectivity index (χ4n) is 3.98. The first kappa shape index (κ1) is 26.3. The number of carbonyl (C=O) groups is 1. The number of anilines is 1. The van der Waals surface area contributed by atoms with Crippen molar-refractivity contribution in [2.45, 2.75) is 23.9 Å². The predicted octanol–water partition coefficient (Wildman–Crippen LogP) is 6.02. The molecule has 0 radical (unpaired) electrons. The van der Waals surface area contributed by atoms with Crippen molar-refractivity contribution in [2.75, 3.05) is 5.32 Å². The number of rotatable bonds is 9. The van der Waals surface area contributed by atoms with Gasteiger partial charge in [0.15, 0.2) is 11.0 Å². The van der Waals surface area contributed by atoms with Gasteiger partial charge in [-0.2, -0.15) is 5.10 Å². The molecule has 39 heavy (non-hydrogen) atoms. The third kappa shape index (κ3) is 6.22. The average molecular weight is 557 g/mol. The van der Waals surface area contributed by atoms with Crippen LogP contribution >= 0.6 is 23.4 Å². The summed E-state index contributed by atoms with van der Waals surface area (Å²) < 4.78 is 1.94. The third-order valence-electron chi connectivity index (χ3n) is 5.96. The molecule has 8 nitrogen and oxygen atoms in total. The number of nitrogens with zero attached hydrogens (tertiary/aromatic N) is 4. The van der Waals surface area contributed by atoms with Gasteiger partial charge in [-0.1, -0.05) is 78.0 Å². The maximum atomic E-state index is 12.8. The standard InChI is InChI=1S/C29H25ClN6O2S/c1-19(28(38)34-32-17-21-16-22(30)14-15-26(21)37)39-29-35-33-27(36(29)23-10-3-2-4-11-23)18-31-25-13-7-9-20-8-5-6-12-24(20)25/h2-17,19,31,37H,18H2,1H3,(H,34,38)/b32-17+. The van der Waals surface area contributed by atoms with E-state index in [2.05, 4.69) is 44.2 Å². The summed E-state index contributed by atoms with van der Waals surface area (Å²) in [6.07, 6.45) is 1.35. The summed E-state index contributed by atoms with van der Waals surface area (Å²) >= 11 is 7.24. The number of fused-ring (bicyclic) bond motifs is 1. The van der Waals surface area contributed by atoms with Crippen LogP contribution in [-0.4, -0.2) is 37.2 Å². The molecule has 0 aliphatic rings. The van der Waals surface area contributed by atoms with E-state index in [1.165, 1.54) is 24.0 Å². The summed E-state index contributed by atoms with van der Waals surface area (Å²) in [6.45, 7) is 2.20. The van der Waals surface area contributed by atoms with Gasteiger partial charge >= 0.3 is 0 Å². The Bertz CT molecular complexity index is 1630. The van der Waals surface area contributed by atoms with Crippen LogP contribution in [0, 0.1) is 0 Å². The van der Waals surface area contributed by atoms with E-state index >= 15 is 0 Å². The number of phenols is 1. The molecule has 3 N–H and O–H groups in total. The second kappa shape index (κ2) is 12.0. The molecule has 4 aromatic carbocycles. The molecular weight excluding hydrogens is 532 g/mol. The summed E-state index contributed by atoms with van der Waals surface area (Å²) in [5, 5.41) is 29.0. The lowest BCUT2D eigenvalue weighted by Gasteiger charge is -2.14. The highest BCUT2D eigenvalue weighted by Crippen LogP contribution is 2.28. The number of halogens is 1. The Morgan fingerprint density at radius 2 is 1.82 bits per heavy atom. The molecule has 5 rings (SSSR count). The Labute approximate surface area is 234 Å². The lowest BCUT2D eigenvalue weighted by molar-refractivity contribution is -0.120. The number of phenolic OH excluding ortho intramolecular Hbond substituents is 1. The van der Waals surface area contributed by atoms with Gasteiger partial charge in [0.2, 0.25) is 0 Å². The molecule has 1 unspecified atom stereocenters. The SMILES string of the molecule is CC(Sc1nnc(CNc2cccc3ccccc23)n1-c1ccccc1)C(=O)N/N=C/c1cc(Cl)ccc1O. The maximum Gasteiger partial charge on any atom is 0.253 e. The Hall–Kier alpha value is -4.34. The molecule has 0 aliphatic carbocycles. The van der Waals surface area contributed by atoms with E-state index < -0.39 is 5.25 Å². The minimum absolute atomic E-state index is 0.0143. The first-order chi connectivity index (χ1) is 19.0. The molecule has 0 saturated heterocycles. The van der Waals surface area contributed by atoms with Crippen LogP contribution in [0.3, 0.4) is 0 Å². The number of aromatic hydroxyl groups is 1. The Morgan fingerprint density at radius 1 is 1.05 bits per heavy atom. The monoisotopic (exact) mass is 556 g/mol. The summed E-state index contributed by atoms with van der Waals surface area (Å²) in [5.41, 5.74) is 4.80. The fourth-order valence-corrected chi connectivity index (χ4v) is 5.04. The van der Waals surface area contributed by atoms with Crippen LogP contribution in [-0.2, 0) is 11.3 Å². The lowest BCUT2D eigenvalue weighted by atomic mass is 10.1. The molecule has 1 atom stereocenters. The number of carbonyl (C=O) groups excluding carboxylic acids is 1.